The van der Waals surface area contributed by atoms with E-state index >= 15 is 0 Å². The van der Waals surface area contributed by atoms with Gasteiger partial charge < -0.3 is 10.1 Å². The van der Waals surface area contributed by atoms with Crippen LogP contribution in [0.1, 0.15) is 40.5 Å². The number of carbonyl (C=O) groups excluding carboxylic acids is 1. The number of alkyl carbamates (subject to hydrolysis) is 1. The van der Waals surface area contributed by atoms with E-state index in [4.69, 9.17) is 4.74 Å². The van der Waals surface area contributed by atoms with Crippen LogP contribution in [0.3, 0.4) is 0 Å². The summed E-state index contributed by atoms with van der Waals surface area (Å²) in [7, 11) is 0. The number of carbonyl (C=O) groups is 1. The molecule has 3 heteroatoms. The van der Waals surface area contributed by atoms with E-state index in [1.165, 1.54) is 0 Å². The van der Waals surface area contributed by atoms with Gasteiger partial charge in [-0.25, -0.2) is 4.79 Å². The molecule has 0 aromatic heterocycles. The number of amides is 1. The first-order chi connectivity index (χ1) is 6.90. The largest absolute Gasteiger partial charge is 0.444 e. The lowest BCUT2D eigenvalue weighted by molar-refractivity contribution is 0.0512. The molecule has 1 N–H and O–H groups in total. The first-order valence-corrected chi connectivity index (χ1v) is 5.58. The summed E-state index contributed by atoms with van der Waals surface area (Å²) in [4.78, 5) is 11.4. The van der Waals surface area contributed by atoms with Gasteiger partial charge in [0.1, 0.15) is 5.60 Å². The fraction of sp³-hybridized carbons (Fsp3) is 0.750. The van der Waals surface area contributed by atoms with Crippen LogP contribution in [0.4, 0.5) is 4.79 Å². The van der Waals surface area contributed by atoms with E-state index < -0.39 is 5.60 Å². The fourth-order valence-electron chi connectivity index (χ4n) is 1.64. The van der Waals surface area contributed by atoms with Crippen molar-refractivity contribution in [2.75, 3.05) is 0 Å². The third-order valence-corrected chi connectivity index (χ3v) is 2.40. The summed E-state index contributed by atoms with van der Waals surface area (Å²) in [5.41, 5.74) is -0.420. The van der Waals surface area contributed by atoms with Gasteiger partial charge in [0.15, 0.2) is 0 Å². The Bertz CT molecular complexity index is 253. The van der Waals surface area contributed by atoms with E-state index in [9.17, 15) is 4.79 Å². The molecule has 0 unspecified atom stereocenters. The van der Waals surface area contributed by atoms with E-state index in [0.717, 1.165) is 12.8 Å². The number of rotatable bonds is 2. The predicted molar refractivity (Wildman–Crippen MR) is 60.7 cm³/mol. The van der Waals surface area contributed by atoms with Crippen molar-refractivity contribution in [3.05, 3.63) is 12.2 Å². The van der Waals surface area contributed by atoms with Crippen LogP contribution in [0.5, 0.6) is 0 Å². The zero-order chi connectivity index (χ0) is 11.5. The average Bonchev–Trinajstić information content (AvgIpc) is 2.48. The summed E-state index contributed by atoms with van der Waals surface area (Å²) < 4.78 is 5.18. The highest BCUT2D eigenvalue weighted by Crippen LogP contribution is 2.20. The van der Waals surface area contributed by atoms with Crippen molar-refractivity contribution in [1.82, 2.24) is 5.32 Å². The van der Waals surface area contributed by atoms with Gasteiger partial charge in [-0.1, -0.05) is 19.1 Å². The molecule has 0 fully saturated rings. The Balaban J connectivity index is 2.32. The molecule has 1 rings (SSSR count). The molecule has 3 nitrogen and oxygen atoms in total. The SMILES string of the molecule is CC[C@@H]1C=C[C@@H](NC(=O)OC(C)(C)C)C1. The van der Waals surface area contributed by atoms with Gasteiger partial charge in [-0.3, -0.25) is 0 Å². The lowest BCUT2D eigenvalue weighted by Crippen LogP contribution is -2.37. The zero-order valence-corrected chi connectivity index (χ0v) is 10.0. The number of ether oxygens (including phenoxy) is 1. The summed E-state index contributed by atoms with van der Waals surface area (Å²) >= 11 is 0. The molecule has 1 aliphatic carbocycles. The average molecular weight is 211 g/mol. The van der Waals surface area contributed by atoms with Gasteiger partial charge in [-0.05, 0) is 39.5 Å². The van der Waals surface area contributed by atoms with E-state index in [0.29, 0.717) is 5.92 Å². The molecule has 1 aliphatic rings. The second-order valence-corrected chi connectivity index (χ2v) is 5.04. The topological polar surface area (TPSA) is 38.3 Å². The summed E-state index contributed by atoms with van der Waals surface area (Å²) in [6, 6.07) is 0.143. The van der Waals surface area contributed by atoms with Gasteiger partial charge in [-0.2, -0.15) is 0 Å². The molecule has 0 bridgehead atoms. The molecule has 0 aromatic carbocycles. The number of allylic oxidation sites excluding steroid dienone is 1. The molecule has 0 heterocycles. The Morgan fingerprint density at radius 2 is 2.13 bits per heavy atom. The Morgan fingerprint density at radius 3 is 2.60 bits per heavy atom. The first kappa shape index (κ1) is 12.1. The summed E-state index contributed by atoms with van der Waals surface area (Å²) in [6.07, 6.45) is 6.02. The van der Waals surface area contributed by atoms with Crippen LogP contribution in [0, 0.1) is 5.92 Å². The monoisotopic (exact) mass is 211 g/mol. The highest BCUT2D eigenvalue weighted by molar-refractivity contribution is 5.68. The molecule has 0 aromatic rings. The van der Waals surface area contributed by atoms with E-state index in [1.807, 2.05) is 20.8 Å². The van der Waals surface area contributed by atoms with Crippen LogP contribution < -0.4 is 5.32 Å². The van der Waals surface area contributed by atoms with Crippen LogP contribution in [-0.2, 0) is 4.74 Å². The van der Waals surface area contributed by atoms with Crippen molar-refractivity contribution >= 4 is 6.09 Å². The number of hydrogen-bond donors (Lipinski definition) is 1. The maximum Gasteiger partial charge on any atom is 0.408 e. The molecule has 2 atom stereocenters. The van der Waals surface area contributed by atoms with Crippen LogP contribution in [0.2, 0.25) is 0 Å². The van der Waals surface area contributed by atoms with Crippen LogP contribution in [-0.4, -0.2) is 17.7 Å². The third-order valence-electron chi connectivity index (χ3n) is 2.40. The third kappa shape index (κ3) is 4.36. The van der Waals surface area contributed by atoms with Crippen LogP contribution in [0.25, 0.3) is 0 Å². The molecular formula is C12H21NO2. The quantitative estimate of drug-likeness (QED) is 0.713. The van der Waals surface area contributed by atoms with E-state index in [2.05, 4.69) is 24.4 Å². The van der Waals surface area contributed by atoms with Crippen LogP contribution in [0.15, 0.2) is 12.2 Å². The van der Waals surface area contributed by atoms with Gasteiger partial charge in [0.2, 0.25) is 0 Å². The first-order valence-electron chi connectivity index (χ1n) is 5.58. The highest BCUT2D eigenvalue weighted by Gasteiger charge is 2.22. The Morgan fingerprint density at radius 1 is 1.47 bits per heavy atom. The maximum absolute atomic E-state index is 11.4. The Labute approximate surface area is 91.9 Å². The molecule has 0 radical (unpaired) electrons. The maximum atomic E-state index is 11.4. The molecule has 0 saturated heterocycles. The van der Waals surface area contributed by atoms with E-state index in [-0.39, 0.29) is 12.1 Å². The molecule has 0 aliphatic heterocycles. The van der Waals surface area contributed by atoms with Crippen molar-refractivity contribution in [1.29, 1.82) is 0 Å². The normalized spacial score (nSPS) is 25.3. The van der Waals surface area contributed by atoms with Crippen LogP contribution >= 0.6 is 0 Å². The lowest BCUT2D eigenvalue weighted by atomic mass is 10.1. The molecule has 86 valence electrons. The van der Waals surface area contributed by atoms with Gasteiger partial charge in [0.25, 0.3) is 0 Å². The van der Waals surface area contributed by atoms with Crippen molar-refractivity contribution in [3.63, 3.8) is 0 Å². The van der Waals surface area contributed by atoms with Gasteiger partial charge in [0, 0.05) is 0 Å². The molecule has 0 spiro atoms. The molecule has 0 saturated carbocycles. The van der Waals surface area contributed by atoms with E-state index in [1.54, 1.807) is 0 Å². The zero-order valence-electron chi connectivity index (χ0n) is 10.0. The minimum absolute atomic E-state index is 0.143. The van der Waals surface area contributed by atoms with Crippen molar-refractivity contribution in [3.8, 4) is 0 Å². The second-order valence-electron chi connectivity index (χ2n) is 5.04. The molecule has 15 heavy (non-hydrogen) atoms. The Hall–Kier alpha value is -0.990. The van der Waals surface area contributed by atoms with Gasteiger partial charge in [-0.15, -0.1) is 0 Å². The highest BCUT2D eigenvalue weighted by atomic mass is 16.6. The standard InChI is InChI=1S/C12H21NO2/c1-5-9-6-7-10(8-9)13-11(14)15-12(2,3)4/h6-7,9-10H,5,8H2,1-4H3,(H,13,14)/t9-,10-/m1/s1. The fourth-order valence-corrected chi connectivity index (χ4v) is 1.64. The Kier molecular flexibility index (Phi) is 3.77. The van der Waals surface area contributed by atoms with Crippen molar-refractivity contribution in [2.24, 2.45) is 5.92 Å². The number of nitrogens with one attached hydrogen (secondary N) is 1. The summed E-state index contributed by atoms with van der Waals surface area (Å²) in [5, 5.41) is 2.85. The van der Waals surface area contributed by atoms with Crippen molar-refractivity contribution < 1.29 is 9.53 Å². The summed E-state index contributed by atoms with van der Waals surface area (Å²) in [5.74, 6) is 0.602. The summed E-state index contributed by atoms with van der Waals surface area (Å²) in [6.45, 7) is 7.76. The smallest absolute Gasteiger partial charge is 0.408 e. The lowest BCUT2D eigenvalue weighted by Gasteiger charge is -2.21. The second kappa shape index (κ2) is 4.69. The van der Waals surface area contributed by atoms with Gasteiger partial charge in [0.05, 0.1) is 6.04 Å². The van der Waals surface area contributed by atoms with Gasteiger partial charge >= 0.3 is 6.09 Å². The predicted octanol–water partition coefficient (Wildman–Crippen LogP) is 2.87. The minimum Gasteiger partial charge on any atom is -0.444 e. The van der Waals surface area contributed by atoms with Crippen molar-refractivity contribution in [2.45, 2.75) is 52.2 Å². The minimum atomic E-state index is -0.420. The molecule has 1 amide bonds. The molecular weight excluding hydrogens is 190 g/mol. The number of hydrogen-bond acceptors (Lipinski definition) is 2.